The van der Waals surface area contributed by atoms with E-state index in [1.54, 1.807) is 27.7 Å². The topological polar surface area (TPSA) is 105 Å². The van der Waals surface area contributed by atoms with E-state index < -0.39 is 42.1 Å². The first-order chi connectivity index (χ1) is 13.0. The molecule has 2 N–H and O–H groups in total. The highest BCUT2D eigenvalue weighted by molar-refractivity contribution is 5.86. The van der Waals surface area contributed by atoms with Gasteiger partial charge < -0.3 is 24.8 Å². The summed E-state index contributed by atoms with van der Waals surface area (Å²) < 4.78 is 11.2. The van der Waals surface area contributed by atoms with Crippen molar-refractivity contribution in [1.29, 1.82) is 0 Å². The van der Waals surface area contributed by atoms with Crippen LogP contribution in [0.4, 0.5) is 4.79 Å². The summed E-state index contributed by atoms with van der Waals surface area (Å²) in [5.74, 6) is -1.21. The molecule has 3 atom stereocenters. The van der Waals surface area contributed by atoms with Crippen LogP contribution in [0.25, 0.3) is 0 Å². The zero-order valence-corrected chi connectivity index (χ0v) is 16.8. The Morgan fingerprint density at radius 3 is 2.36 bits per heavy atom. The average molecular weight is 392 g/mol. The van der Waals surface area contributed by atoms with E-state index >= 15 is 0 Å². The van der Waals surface area contributed by atoms with Gasteiger partial charge in [-0.25, -0.2) is 4.79 Å². The first-order valence-electron chi connectivity index (χ1n) is 9.24. The minimum absolute atomic E-state index is 0.274. The van der Waals surface area contributed by atoms with Crippen LogP contribution in [0.1, 0.15) is 40.2 Å². The fraction of sp³-hybridized carbons (Fsp3) is 0.550. The maximum Gasteiger partial charge on any atom is 0.405 e. The number of ether oxygens (including phenoxy) is 2. The van der Waals surface area contributed by atoms with E-state index in [0.717, 1.165) is 5.56 Å². The van der Waals surface area contributed by atoms with Gasteiger partial charge in [-0.15, -0.1) is 0 Å². The van der Waals surface area contributed by atoms with E-state index in [9.17, 15) is 14.4 Å². The van der Waals surface area contributed by atoms with Crippen molar-refractivity contribution < 1.29 is 29.0 Å². The molecule has 2 rings (SSSR count). The molecule has 28 heavy (non-hydrogen) atoms. The smallest absolute Gasteiger partial charge is 0.405 e. The van der Waals surface area contributed by atoms with Gasteiger partial charge >= 0.3 is 12.1 Å². The van der Waals surface area contributed by atoms with E-state index in [-0.39, 0.29) is 5.92 Å². The monoisotopic (exact) mass is 392 g/mol. The average Bonchev–Trinajstić information content (AvgIpc) is 2.81. The summed E-state index contributed by atoms with van der Waals surface area (Å²) in [6, 6.07) is 7.93. The first-order valence-corrected chi connectivity index (χ1v) is 9.24. The van der Waals surface area contributed by atoms with E-state index in [4.69, 9.17) is 14.6 Å². The molecule has 2 amide bonds. The Kier molecular flexibility index (Phi) is 6.66. The third-order valence-corrected chi connectivity index (χ3v) is 4.65. The standard InChI is InChI=1S/C20H28N2O6/c1-12(2)16(21-19(25)26)17(24)22-15(11-14-9-7-6-8-10-14)18(27-13(3)23)28-20(22,4)5/h6-10,12,15-16,18,21H,11H2,1-5H3,(H,25,26). The normalized spacial score (nSPS) is 22.0. The van der Waals surface area contributed by atoms with Crippen LogP contribution >= 0.6 is 0 Å². The summed E-state index contributed by atoms with van der Waals surface area (Å²) in [6.07, 6.45) is -1.83. The predicted octanol–water partition coefficient (Wildman–Crippen LogP) is 2.37. The largest absolute Gasteiger partial charge is 0.465 e. The van der Waals surface area contributed by atoms with Gasteiger partial charge in [0, 0.05) is 6.92 Å². The predicted molar refractivity (Wildman–Crippen MR) is 101 cm³/mol. The second-order valence-electron chi connectivity index (χ2n) is 7.68. The maximum atomic E-state index is 13.3. The SMILES string of the molecule is CC(=O)OC1OC(C)(C)N(C(=O)C(NC(=O)O)C(C)C)C1Cc1ccccc1. The van der Waals surface area contributed by atoms with Crippen LogP contribution in [0.5, 0.6) is 0 Å². The number of amides is 2. The van der Waals surface area contributed by atoms with E-state index in [1.807, 2.05) is 30.3 Å². The van der Waals surface area contributed by atoms with Gasteiger partial charge in [0.2, 0.25) is 12.2 Å². The van der Waals surface area contributed by atoms with Crippen molar-refractivity contribution in [3.63, 3.8) is 0 Å². The highest BCUT2D eigenvalue weighted by atomic mass is 16.7. The number of hydrogen-bond donors (Lipinski definition) is 2. The number of hydrogen-bond acceptors (Lipinski definition) is 5. The van der Waals surface area contributed by atoms with Gasteiger partial charge in [0.15, 0.2) is 0 Å². The van der Waals surface area contributed by atoms with Gasteiger partial charge in [-0.2, -0.15) is 0 Å². The van der Waals surface area contributed by atoms with Gasteiger partial charge in [0.25, 0.3) is 0 Å². The lowest BCUT2D eigenvalue weighted by Crippen LogP contribution is -2.58. The number of benzene rings is 1. The Morgan fingerprint density at radius 2 is 1.86 bits per heavy atom. The Hall–Kier alpha value is -2.61. The number of carboxylic acid groups (broad SMARTS) is 1. The number of nitrogens with one attached hydrogen (secondary N) is 1. The first kappa shape index (κ1) is 21.7. The second kappa shape index (κ2) is 8.60. The zero-order valence-electron chi connectivity index (χ0n) is 16.8. The van der Waals surface area contributed by atoms with Crippen molar-refractivity contribution in [2.45, 2.75) is 65.1 Å². The van der Waals surface area contributed by atoms with Crippen molar-refractivity contribution >= 4 is 18.0 Å². The molecule has 154 valence electrons. The molecule has 0 radical (unpaired) electrons. The minimum Gasteiger partial charge on any atom is -0.465 e. The van der Waals surface area contributed by atoms with Crippen molar-refractivity contribution in [3.8, 4) is 0 Å². The number of nitrogens with zero attached hydrogens (tertiary/aromatic N) is 1. The molecule has 1 saturated heterocycles. The molecular formula is C20H28N2O6. The Morgan fingerprint density at radius 1 is 1.25 bits per heavy atom. The van der Waals surface area contributed by atoms with Crippen molar-refractivity contribution in [1.82, 2.24) is 10.2 Å². The number of rotatable bonds is 6. The van der Waals surface area contributed by atoms with Crippen molar-refractivity contribution in [2.24, 2.45) is 5.92 Å². The summed E-state index contributed by atoms with van der Waals surface area (Å²) in [5, 5.41) is 11.4. The third-order valence-electron chi connectivity index (χ3n) is 4.65. The molecule has 8 nitrogen and oxygen atoms in total. The molecule has 0 aromatic heterocycles. The lowest BCUT2D eigenvalue weighted by Gasteiger charge is -2.36. The molecule has 8 heteroatoms. The van der Waals surface area contributed by atoms with Gasteiger partial charge in [-0.05, 0) is 31.7 Å². The molecule has 0 bridgehead atoms. The van der Waals surface area contributed by atoms with Crippen LogP contribution in [0, 0.1) is 5.92 Å². The molecule has 1 fully saturated rings. The third kappa shape index (κ3) is 5.01. The number of esters is 1. The van der Waals surface area contributed by atoms with Crippen molar-refractivity contribution in [3.05, 3.63) is 35.9 Å². The van der Waals surface area contributed by atoms with Gasteiger partial charge in [-0.3, -0.25) is 9.59 Å². The number of carbonyl (C=O) groups excluding carboxylic acids is 2. The lowest BCUT2D eigenvalue weighted by molar-refractivity contribution is -0.187. The van der Waals surface area contributed by atoms with Crippen molar-refractivity contribution in [2.75, 3.05) is 0 Å². The van der Waals surface area contributed by atoms with E-state index in [2.05, 4.69) is 5.32 Å². The Labute approximate surface area is 164 Å². The lowest BCUT2D eigenvalue weighted by atomic mass is 9.98. The van der Waals surface area contributed by atoms with Gasteiger partial charge in [0.05, 0.1) is 0 Å². The van der Waals surface area contributed by atoms with Crippen LogP contribution in [-0.4, -0.2) is 52.1 Å². The quantitative estimate of drug-likeness (QED) is 0.720. The van der Waals surface area contributed by atoms with E-state index in [1.165, 1.54) is 11.8 Å². The van der Waals surface area contributed by atoms with Crippen LogP contribution in [0.15, 0.2) is 30.3 Å². The fourth-order valence-electron chi connectivity index (χ4n) is 3.48. The summed E-state index contributed by atoms with van der Waals surface area (Å²) in [6.45, 7) is 8.20. The second-order valence-corrected chi connectivity index (χ2v) is 7.68. The molecule has 1 aliphatic heterocycles. The minimum atomic E-state index is -1.28. The Bertz CT molecular complexity index is 719. The fourth-order valence-corrected chi connectivity index (χ4v) is 3.48. The highest BCUT2D eigenvalue weighted by Crippen LogP contribution is 2.35. The highest BCUT2D eigenvalue weighted by Gasteiger charge is 2.53. The molecule has 0 saturated carbocycles. The van der Waals surface area contributed by atoms with Gasteiger partial charge in [0.1, 0.15) is 17.8 Å². The molecule has 1 aromatic rings. The molecule has 1 aromatic carbocycles. The number of carbonyl (C=O) groups is 3. The summed E-state index contributed by atoms with van der Waals surface area (Å²) in [4.78, 5) is 37.6. The Balaban J connectivity index is 2.41. The van der Waals surface area contributed by atoms with E-state index in [0.29, 0.717) is 6.42 Å². The molecule has 0 spiro atoms. The van der Waals surface area contributed by atoms with Crippen LogP contribution in [0.2, 0.25) is 0 Å². The van der Waals surface area contributed by atoms with Crippen LogP contribution in [-0.2, 0) is 25.5 Å². The summed E-state index contributed by atoms with van der Waals surface area (Å²) in [5.41, 5.74) is -0.139. The molecule has 3 unspecified atom stereocenters. The van der Waals surface area contributed by atoms with Gasteiger partial charge in [-0.1, -0.05) is 44.2 Å². The maximum absolute atomic E-state index is 13.3. The zero-order chi connectivity index (χ0) is 21.1. The molecule has 1 aliphatic rings. The molecule has 1 heterocycles. The molecular weight excluding hydrogens is 364 g/mol. The van der Waals surface area contributed by atoms with Crippen LogP contribution < -0.4 is 5.32 Å². The summed E-state index contributed by atoms with van der Waals surface area (Å²) in [7, 11) is 0. The summed E-state index contributed by atoms with van der Waals surface area (Å²) >= 11 is 0. The molecule has 0 aliphatic carbocycles. The van der Waals surface area contributed by atoms with Crippen LogP contribution in [0.3, 0.4) is 0 Å².